The molecule has 1 N–H and O–H groups in total. The second-order valence-electron chi connectivity index (χ2n) is 6.54. The van der Waals surface area contributed by atoms with E-state index in [4.69, 9.17) is 0 Å². The van der Waals surface area contributed by atoms with Crippen molar-refractivity contribution in [3.05, 3.63) is 27.4 Å². The van der Waals surface area contributed by atoms with E-state index < -0.39 is 0 Å². The van der Waals surface area contributed by atoms with Gasteiger partial charge in [-0.1, -0.05) is 6.08 Å². The molecule has 0 aromatic carbocycles. The number of piperidine rings is 1. The standard InChI is InChI=1S/C17H23N3O2S/c1-11-15(23-12(2)19-11)16(22)18-10-17-8-5-4-6-13(17)20(3)14(21)7-9-17/h6H,4-5,7-10H2,1-3H3,(H,18,22). The number of aromatic nitrogens is 1. The Balaban J connectivity index is 1.77. The van der Waals surface area contributed by atoms with Gasteiger partial charge in [0.2, 0.25) is 5.91 Å². The summed E-state index contributed by atoms with van der Waals surface area (Å²) in [5.41, 5.74) is 1.79. The Bertz CT molecular complexity index is 679. The maximum absolute atomic E-state index is 12.5. The van der Waals surface area contributed by atoms with Gasteiger partial charge < -0.3 is 10.2 Å². The number of nitrogens with zero attached hydrogens (tertiary/aromatic N) is 2. The van der Waals surface area contributed by atoms with Crippen molar-refractivity contribution in [2.75, 3.05) is 13.6 Å². The van der Waals surface area contributed by atoms with E-state index in [0.29, 0.717) is 17.8 Å². The summed E-state index contributed by atoms with van der Waals surface area (Å²) in [4.78, 5) is 31.3. The van der Waals surface area contributed by atoms with Crippen molar-refractivity contribution in [3.63, 3.8) is 0 Å². The second kappa shape index (κ2) is 6.07. The van der Waals surface area contributed by atoms with Crippen molar-refractivity contribution >= 4 is 23.2 Å². The molecule has 1 aliphatic carbocycles. The highest BCUT2D eigenvalue weighted by Crippen LogP contribution is 2.45. The molecule has 1 unspecified atom stereocenters. The minimum Gasteiger partial charge on any atom is -0.350 e. The highest BCUT2D eigenvalue weighted by Gasteiger charge is 2.43. The number of carbonyl (C=O) groups excluding carboxylic acids is 2. The van der Waals surface area contributed by atoms with E-state index in [1.165, 1.54) is 11.3 Å². The lowest BCUT2D eigenvalue weighted by Crippen LogP contribution is -2.49. The number of nitrogens with one attached hydrogen (secondary N) is 1. The second-order valence-corrected chi connectivity index (χ2v) is 7.75. The Morgan fingerprint density at radius 3 is 2.91 bits per heavy atom. The van der Waals surface area contributed by atoms with Crippen LogP contribution in [0.25, 0.3) is 0 Å². The molecule has 1 aliphatic heterocycles. The van der Waals surface area contributed by atoms with E-state index in [1.807, 2.05) is 20.9 Å². The van der Waals surface area contributed by atoms with Gasteiger partial charge in [0, 0.05) is 31.1 Å². The van der Waals surface area contributed by atoms with Crippen LogP contribution in [0.15, 0.2) is 11.8 Å². The Labute approximate surface area is 140 Å². The molecule has 0 radical (unpaired) electrons. The van der Waals surface area contributed by atoms with Gasteiger partial charge in [-0.3, -0.25) is 9.59 Å². The molecule has 0 spiro atoms. The van der Waals surface area contributed by atoms with E-state index in [2.05, 4.69) is 16.4 Å². The van der Waals surface area contributed by atoms with Gasteiger partial charge >= 0.3 is 0 Å². The number of amides is 2. The van der Waals surface area contributed by atoms with Crippen LogP contribution in [0.4, 0.5) is 0 Å². The highest BCUT2D eigenvalue weighted by molar-refractivity contribution is 7.13. The zero-order valence-electron chi connectivity index (χ0n) is 13.9. The molecule has 1 fully saturated rings. The molecular weight excluding hydrogens is 310 g/mol. The third-order valence-corrected chi connectivity index (χ3v) is 6.06. The minimum atomic E-state index is -0.0930. The summed E-state index contributed by atoms with van der Waals surface area (Å²) in [7, 11) is 1.85. The molecule has 23 heavy (non-hydrogen) atoms. The maximum Gasteiger partial charge on any atom is 0.263 e. The molecule has 1 atom stereocenters. The number of hydrogen-bond acceptors (Lipinski definition) is 4. The van der Waals surface area contributed by atoms with Gasteiger partial charge in [0.25, 0.3) is 5.91 Å². The van der Waals surface area contributed by atoms with Crippen LogP contribution < -0.4 is 5.32 Å². The predicted octanol–water partition coefficient (Wildman–Crippen LogP) is 2.80. The van der Waals surface area contributed by atoms with Crippen LogP contribution >= 0.6 is 11.3 Å². The summed E-state index contributed by atoms with van der Waals surface area (Å²) in [6.45, 7) is 4.37. The number of allylic oxidation sites excluding steroid dienone is 1. The lowest BCUT2D eigenvalue weighted by Gasteiger charge is -2.46. The number of rotatable bonds is 3. The van der Waals surface area contributed by atoms with E-state index in [0.717, 1.165) is 42.1 Å². The normalized spacial score (nSPS) is 24.2. The number of hydrogen-bond donors (Lipinski definition) is 1. The van der Waals surface area contributed by atoms with Crippen molar-refractivity contribution < 1.29 is 9.59 Å². The van der Waals surface area contributed by atoms with Crippen LogP contribution in [0, 0.1) is 19.3 Å². The summed E-state index contributed by atoms with van der Waals surface area (Å²) in [5, 5.41) is 4.01. The summed E-state index contributed by atoms with van der Waals surface area (Å²) in [5.74, 6) is 0.126. The molecule has 2 heterocycles. The van der Waals surface area contributed by atoms with E-state index >= 15 is 0 Å². The van der Waals surface area contributed by atoms with Crippen molar-refractivity contribution in [2.24, 2.45) is 5.41 Å². The molecule has 1 saturated heterocycles. The minimum absolute atomic E-state index is 0.0491. The Morgan fingerprint density at radius 2 is 2.22 bits per heavy atom. The summed E-state index contributed by atoms with van der Waals surface area (Å²) < 4.78 is 0. The Kier molecular flexibility index (Phi) is 4.27. The quantitative estimate of drug-likeness (QED) is 0.925. The predicted molar refractivity (Wildman–Crippen MR) is 90.3 cm³/mol. The van der Waals surface area contributed by atoms with Crippen molar-refractivity contribution in [1.29, 1.82) is 0 Å². The van der Waals surface area contributed by atoms with Gasteiger partial charge in [-0.15, -0.1) is 11.3 Å². The number of carbonyl (C=O) groups is 2. The SMILES string of the molecule is Cc1nc(C)c(C(=O)NCC23CCCC=C2N(C)C(=O)CC3)s1. The smallest absolute Gasteiger partial charge is 0.263 e. The fourth-order valence-electron chi connectivity index (χ4n) is 3.76. The van der Waals surface area contributed by atoms with Gasteiger partial charge in [-0.2, -0.15) is 0 Å². The zero-order chi connectivity index (χ0) is 16.6. The van der Waals surface area contributed by atoms with Crippen molar-refractivity contribution in [1.82, 2.24) is 15.2 Å². The van der Waals surface area contributed by atoms with Crippen LogP contribution in [0.5, 0.6) is 0 Å². The fourth-order valence-corrected chi connectivity index (χ4v) is 4.59. The van der Waals surface area contributed by atoms with Crippen LogP contribution in [-0.2, 0) is 4.79 Å². The first kappa shape index (κ1) is 16.2. The molecule has 3 rings (SSSR count). The molecule has 2 amide bonds. The molecule has 0 bridgehead atoms. The first-order chi connectivity index (χ1) is 10.9. The van der Waals surface area contributed by atoms with Gasteiger partial charge in [-0.05, 0) is 39.5 Å². The number of aryl methyl sites for hydroxylation is 2. The third-order valence-electron chi connectivity index (χ3n) is 4.99. The molecule has 2 aliphatic rings. The monoisotopic (exact) mass is 333 g/mol. The maximum atomic E-state index is 12.5. The van der Waals surface area contributed by atoms with Gasteiger partial charge in [0.15, 0.2) is 0 Å². The lowest BCUT2D eigenvalue weighted by molar-refractivity contribution is -0.132. The summed E-state index contributed by atoms with van der Waals surface area (Å²) >= 11 is 1.43. The molecule has 124 valence electrons. The Morgan fingerprint density at radius 1 is 1.43 bits per heavy atom. The topological polar surface area (TPSA) is 62.3 Å². The first-order valence-corrected chi connectivity index (χ1v) is 8.94. The van der Waals surface area contributed by atoms with E-state index in [1.54, 1.807) is 4.90 Å². The van der Waals surface area contributed by atoms with E-state index in [9.17, 15) is 9.59 Å². The van der Waals surface area contributed by atoms with Gasteiger partial charge in [0.05, 0.1) is 10.7 Å². The van der Waals surface area contributed by atoms with Crippen LogP contribution in [0.2, 0.25) is 0 Å². The Hall–Kier alpha value is -1.69. The number of thiazole rings is 1. The average molecular weight is 333 g/mol. The molecule has 1 aromatic heterocycles. The van der Waals surface area contributed by atoms with Crippen molar-refractivity contribution in [2.45, 2.75) is 46.0 Å². The molecule has 6 heteroatoms. The molecule has 1 aromatic rings. The summed E-state index contributed by atoms with van der Waals surface area (Å²) in [6, 6.07) is 0. The van der Waals surface area contributed by atoms with Crippen LogP contribution in [0.1, 0.15) is 52.5 Å². The first-order valence-electron chi connectivity index (χ1n) is 8.12. The third kappa shape index (κ3) is 2.92. The molecular formula is C17H23N3O2S. The lowest BCUT2D eigenvalue weighted by atomic mass is 9.70. The number of likely N-dealkylation sites (tertiary alicyclic amines) is 1. The summed E-state index contributed by atoms with van der Waals surface area (Å²) in [6.07, 6.45) is 6.70. The zero-order valence-corrected chi connectivity index (χ0v) is 14.8. The van der Waals surface area contributed by atoms with E-state index in [-0.39, 0.29) is 17.2 Å². The van der Waals surface area contributed by atoms with Gasteiger partial charge in [-0.25, -0.2) is 4.98 Å². The molecule has 5 nitrogen and oxygen atoms in total. The molecule has 0 saturated carbocycles. The largest absolute Gasteiger partial charge is 0.350 e. The van der Waals surface area contributed by atoms with Crippen LogP contribution in [-0.4, -0.2) is 35.3 Å². The van der Waals surface area contributed by atoms with Crippen molar-refractivity contribution in [3.8, 4) is 0 Å². The fraction of sp³-hybridized carbons (Fsp3) is 0.588. The number of fused-ring (bicyclic) bond motifs is 1. The highest BCUT2D eigenvalue weighted by atomic mass is 32.1. The van der Waals surface area contributed by atoms with Crippen LogP contribution in [0.3, 0.4) is 0 Å². The van der Waals surface area contributed by atoms with Gasteiger partial charge in [0.1, 0.15) is 4.88 Å². The average Bonchev–Trinajstić information content (AvgIpc) is 2.88.